The Morgan fingerprint density at radius 2 is 1.96 bits per heavy atom. The number of furan rings is 1. The number of nitrogens with one attached hydrogen (secondary N) is 2. The van der Waals surface area contributed by atoms with E-state index < -0.39 is 10.0 Å². The van der Waals surface area contributed by atoms with Crippen LogP contribution >= 0.6 is 0 Å². The molecule has 1 heterocycles. The third kappa shape index (κ3) is 4.11. The van der Waals surface area contributed by atoms with Crippen LogP contribution in [0, 0.1) is 5.41 Å². The highest BCUT2D eigenvalue weighted by molar-refractivity contribution is 7.89. The highest BCUT2D eigenvalue weighted by Crippen LogP contribution is 2.38. The number of rotatable bonds is 6. The lowest BCUT2D eigenvalue weighted by molar-refractivity contribution is -0.124. The lowest BCUT2D eigenvalue weighted by Crippen LogP contribution is -2.31. The van der Waals surface area contributed by atoms with Crippen molar-refractivity contribution in [1.82, 2.24) is 4.72 Å². The molecule has 0 saturated heterocycles. The summed E-state index contributed by atoms with van der Waals surface area (Å²) in [6.07, 6.45) is 5.32. The van der Waals surface area contributed by atoms with Crippen molar-refractivity contribution in [2.45, 2.75) is 44.0 Å². The quantitative estimate of drug-likeness (QED) is 0.825. The van der Waals surface area contributed by atoms with Gasteiger partial charge < -0.3 is 9.73 Å². The van der Waals surface area contributed by atoms with E-state index in [4.69, 9.17) is 4.42 Å². The zero-order chi connectivity index (χ0) is 17.9. The largest absolute Gasteiger partial charge is 0.468 e. The van der Waals surface area contributed by atoms with Crippen molar-refractivity contribution in [1.29, 1.82) is 0 Å². The second-order valence-corrected chi connectivity index (χ2v) is 8.42. The molecule has 1 amide bonds. The van der Waals surface area contributed by atoms with Gasteiger partial charge in [-0.15, -0.1) is 0 Å². The Morgan fingerprint density at radius 1 is 1.20 bits per heavy atom. The normalized spacial score (nSPS) is 16.7. The summed E-state index contributed by atoms with van der Waals surface area (Å²) in [7, 11) is -3.69. The van der Waals surface area contributed by atoms with E-state index in [0.717, 1.165) is 25.7 Å². The molecule has 1 aliphatic rings. The molecule has 2 aromatic rings. The molecule has 0 atom stereocenters. The fraction of sp³-hybridized carbons (Fsp3) is 0.389. The third-order valence-corrected chi connectivity index (χ3v) is 6.07. The summed E-state index contributed by atoms with van der Waals surface area (Å²) in [6.45, 7) is 2.03. The number of amides is 1. The molecule has 134 valence electrons. The first-order valence-electron chi connectivity index (χ1n) is 8.33. The van der Waals surface area contributed by atoms with Crippen molar-refractivity contribution in [2.75, 3.05) is 5.32 Å². The minimum absolute atomic E-state index is 0.0527. The molecule has 3 rings (SSSR count). The Bertz CT molecular complexity index is 838. The van der Waals surface area contributed by atoms with Crippen LogP contribution in [0.25, 0.3) is 0 Å². The number of hydrogen-bond donors (Lipinski definition) is 2. The molecule has 0 radical (unpaired) electrons. The van der Waals surface area contributed by atoms with Gasteiger partial charge in [0.05, 0.1) is 17.7 Å². The van der Waals surface area contributed by atoms with Crippen LogP contribution in [-0.2, 0) is 21.4 Å². The van der Waals surface area contributed by atoms with Crippen LogP contribution in [0.15, 0.2) is 52.0 Å². The van der Waals surface area contributed by atoms with Gasteiger partial charge in [-0.3, -0.25) is 4.79 Å². The monoisotopic (exact) mass is 362 g/mol. The van der Waals surface area contributed by atoms with Gasteiger partial charge in [0.15, 0.2) is 0 Å². The molecule has 7 heteroatoms. The van der Waals surface area contributed by atoms with Gasteiger partial charge in [0.2, 0.25) is 15.9 Å². The summed E-state index contributed by atoms with van der Waals surface area (Å²) in [5.41, 5.74) is 0.117. The first-order valence-corrected chi connectivity index (χ1v) is 9.81. The Balaban J connectivity index is 1.71. The van der Waals surface area contributed by atoms with Crippen molar-refractivity contribution >= 4 is 21.6 Å². The molecule has 6 nitrogen and oxygen atoms in total. The predicted molar refractivity (Wildman–Crippen MR) is 94.4 cm³/mol. The molecule has 1 aromatic carbocycles. The summed E-state index contributed by atoms with van der Waals surface area (Å²) >= 11 is 0. The molecule has 2 N–H and O–H groups in total. The minimum Gasteiger partial charge on any atom is -0.468 e. The first kappa shape index (κ1) is 17.7. The van der Waals surface area contributed by atoms with E-state index in [2.05, 4.69) is 10.0 Å². The maximum Gasteiger partial charge on any atom is 0.241 e. The fourth-order valence-electron chi connectivity index (χ4n) is 3.07. The van der Waals surface area contributed by atoms with Gasteiger partial charge in [0, 0.05) is 11.1 Å². The molecular weight excluding hydrogens is 340 g/mol. The van der Waals surface area contributed by atoms with Crippen molar-refractivity contribution in [3.63, 3.8) is 0 Å². The summed E-state index contributed by atoms with van der Waals surface area (Å²) in [5.74, 6) is 0.477. The smallest absolute Gasteiger partial charge is 0.241 e. The summed E-state index contributed by atoms with van der Waals surface area (Å²) in [4.78, 5) is 12.6. The second-order valence-electron chi connectivity index (χ2n) is 6.65. The van der Waals surface area contributed by atoms with Gasteiger partial charge in [0.25, 0.3) is 0 Å². The van der Waals surface area contributed by atoms with Crippen molar-refractivity contribution in [3.8, 4) is 0 Å². The first-order chi connectivity index (χ1) is 11.9. The Kier molecular flexibility index (Phi) is 4.96. The van der Waals surface area contributed by atoms with E-state index in [1.165, 1.54) is 18.4 Å². The lowest BCUT2D eigenvalue weighted by atomic mass is 9.88. The number of benzene rings is 1. The van der Waals surface area contributed by atoms with Crippen LogP contribution in [0.1, 0.15) is 38.4 Å². The topological polar surface area (TPSA) is 88.4 Å². The van der Waals surface area contributed by atoms with Crippen molar-refractivity contribution in [2.24, 2.45) is 5.41 Å². The second kappa shape index (κ2) is 7.01. The fourth-order valence-corrected chi connectivity index (χ4v) is 4.11. The van der Waals surface area contributed by atoms with Crippen LogP contribution in [0.5, 0.6) is 0 Å². The van der Waals surface area contributed by atoms with E-state index in [1.807, 2.05) is 6.92 Å². The maximum absolute atomic E-state index is 12.5. The SMILES string of the molecule is CC1(C(=O)Nc2cccc(S(=O)(=O)NCc3ccco3)c2)CCCC1. The summed E-state index contributed by atoms with van der Waals surface area (Å²) in [6, 6.07) is 9.68. The van der Waals surface area contributed by atoms with E-state index in [0.29, 0.717) is 11.4 Å². The number of sulfonamides is 1. The van der Waals surface area contributed by atoms with Crippen LogP contribution < -0.4 is 10.0 Å². The number of carbonyl (C=O) groups is 1. The van der Waals surface area contributed by atoms with Gasteiger partial charge in [0.1, 0.15) is 5.76 Å². The summed E-state index contributed by atoms with van der Waals surface area (Å²) in [5, 5.41) is 2.86. The molecule has 1 aliphatic carbocycles. The molecule has 0 bridgehead atoms. The Morgan fingerprint density at radius 3 is 2.64 bits per heavy atom. The third-order valence-electron chi connectivity index (χ3n) is 4.67. The van der Waals surface area contributed by atoms with Gasteiger partial charge in [-0.2, -0.15) is 0 Å². The van der Waals surface area contributed by atoms with E-state index in [9.17, 15) is 13.2 Å². The van der Waals surface area contributed by atoms with Gasteiger partial charge in [-0.25, -0.2) is 13.1 Å². The molecule has 0 spiro atoms. The standard InChI is InChI=1S/C18H22N2O4S/c1-18(9-2-3-10-18)17(21)20-14-6-4-8-16(12-14)25(22,23)19-13-15-7-5-11-24-15/h4-8,11-12,19H,2-3,9-10,13H2,1H3,(H,20,21). The molecule has 25 heavy (non-hydrogen) atoms. The molecule has 1 aromatic heterocycles. The highest BCUT2D eigenvalue weighted by Gasteiger charge is 2.36. The minimum atomic E-state index is -3.69. The average Bonchev–Trinajstić information content (AvgIpc) is 3.25. The molecule has 0 aliphatic heterocycles. The predicted octanol–water partition coefficient (Wildman–Crippen LogP) is 3.28. The molecular formula is C18H22N2O4S. The average molecular weight is 362 g/mol. The van der Waals surface area contributed by atoms with Crippen molar-refractivity contribution in [3.05, 3.63) is 48.4 Å². The highest BCUT2D eigenvalue weighted by atomic mass is 32.2. The van der Waals surface area contributed by atoms with Crippen molar-refractivity contribution < 1.29 is 17.6 Å². The zero-order valence-electron chi connectivity index (χ0n) is 14.1. The van der Waals surface area contributed by atoms with E-state index in [-0.39, 0.29) is 22.8 Å². The summed E-state index contributed by atoms with van der Waals surface area (Å²) < 4.78 is 32.5. The molecule has 1 saturated carbocycles. The van der Waals surface area contributed by atoms with Crippen LogP contribution in [0.3, 0.4) is 0 Å². The van der Waals surface area contributed by atoms with Gasteiger partial charge in [-0.1, -0.05) is 25.8 Å². The van der Waals surface area contributed by atoms with Gasteiger partial charge in [-0.05, 0) is 43.2 Å². The maximum atomic E-state index is 12.5. The number of carbonyl (C=O) groups excluding carboxylic acids is 1. The van der Waals surface area contributed by atoms with Gasteiger partial charge >= 0.3 is 0 Å². The van der Waals surface area contributed by atoms with Crippen LogP contribution in [0.4, 0.5) is 5.69 Å². The van der Waals surface area contributed by atoms with Crippen LogP contribution in [-0.4, -0.2) is 14.3 Å². The Hall–Kier alpha value is -2.12. The molecule has 1 fully saturated rings. The lowest BCUT2D eigenvalue weighted by Gasteiger charge is -2.22. The van der Waals surface area contributed by atoms with E-state index >= 15 is 0 Å². The molecule has 0 unspecified atom stereocenters. The zero-order valence-corrected chi connectivity index (χ0v) is 14.9. The number of hydrogen-bond acceptors (Lipinski definition) is 4. The van der Waals surface area contributed by atoms with Crippen LogP contribution in [0.2, 0.25) is 0 Å². The van der Waals surface area contributed by atoms with E-state index in [1.54, 1.807) is 24.3 Å². The Labute approximate surface area is 147 Å². The number of anilines is 1.